The quantitative estimate of drug-likeness (QED) is 0.0195. The van der Waals surface area contributed by atoms with E-state index >= 15 is 0 Å². The number of carbonyl (C=O) groups is 2. The number of allylic oxidation sites excluding steroid dienone is 9. The minimum atomic E-state index is -1.62. The van der Waals surface area contributed by atoms with Gasteiger partial charge >= 0.3 is 5.97 Å². The molecule has 1 fully saturated rings. The Kier molecular flexibility index (Phi) is 63.9. The first-order chi connectivity index (χ1) is 44.7. The van der Waals surface area contributed by atoms with Gasteiger partial charge in [0, 0.05) is 6.42 Å². The molecule has 0 saturated carbocycles. The number of nitrogens with one attached hydrogen (secondary N) is 1. The molecular weight excluding hydrogens is 1130 g/mol. The van der Waals surface area contributed by atoms with Crippen molar-refractivity contribution in [2.24, 2.45) is 0 Å². The third-order valence-electron chi connectivity index (χ3n) is 18.4. The Labute approximate surface area is 560 Å². The monoisotopic (exact) mass is 1280 g/mol. The number of aliphatic hydroxyl groups excluding tert-OH is 5. The lowest BCUT2D eigenvalue weighted by Crippen LogP contribution is -2.61. The van der Waals surface area contributed by atoms with Gasteiger partial charge in [-0.05, 0) is 70.6 Å². The molecule has 0 radical (unpaired) electrons. The molecular formula is C80H147NO10. The van der Waals surface area contributed by atoms with Gasteiger partial charge in [-0.15, -0.1) is 0 Å². The first kappa shape index (κ1) is 86.4. The van der Waals surface area contributed by atoms with E-state index < -0.39 is 67.4 Å². The number of amides is 1. The predicted molar refractivity (Wildman–Crippen MR) is 384 cm³/mol. The second kappa shape index (κ2) is 67.3. The normalized spacial score (nSPS) is 18.3. The molecule has 0 spiro atoms. The average molecular weight is 1280 g/mol. The van der Waals surface area contributed by atoms with Crippen LogP contribution in [0.5, 0.6) is 0 Å². The highest BCUT2D eigenvalue weighted by molar-refractivity contribution is 5.80. The second-order valence-electron chi connectivity index (χ2n) is 27.1. The molecule has 1 saturated heterocycles. The zero-order valence-corrected chi connectivity index (χ0v) is 59.5. The van der Waals surface area contributed by atoms with E-state index in [0.717, 1.165) is 83.5 Å². The van der Waals surface area contributed by atoms with Crippen LogP contribution in [0.15, 0.2) is 60.8 Å². The minimum absolute atomic E-state index is 0.120. The fraction of sp³-hybridized carbons (Fsp3) is 0.850. The predicted octanol–water partition coefficient (Wildman–Crippen LogP) is 20.9. The summed E-state index contributed by atoms with van der Waals surface area (Å²) in [6.07, 6.45) is 77.1. The van der Waals surface area contributed by atoms with Gasteiger partial charge in [0.25, 0.3) is 0 Å². The van der Waals surface area contributed by atoms with Crippen LogP contribution in [0.2, 0.25) is 0 Å². The number of ether oxygens (including phenoxy) is 3. The topological polar surface area (TPSA) is 175 Å². The van der Waals surface area contributed by atoms with Gasteiger partial charge in [0.05, 0.1) is 25.4 Å². The molecule has 8 unspecified atom stereocenters. The molecule has 11 nitrogen and oxygen atoms in total. The van der Waals surface area contributed by atoms with Gasteiger partial charge in [0.1, 0.15) is 24.4 Å². The Bertz CT molecular complexity index is 1720. The van der Waals surface area contributed by atoms with Crippen LogP contribution in [0.1, 0.15) is 374 Å². The van der Waals surface area contributed by atoms with E-state index in [1.165, 1.54) is 244 Å². The van der Waals surface area contributed by atoms with Crippen LogP contribution in [0.25, 0.3) is 0 Å². The SMILES string of the molecule is CCCCC/C=C\C/C=C\C/C=C\C/C=C\CCCCCCCCCCCCCC(=O)OC1C(OCC(NC(=O)C(O)CCCCCCCCCCCCCCCCCCCCCCCCCC)C(O)/C=C/CCCCCCCCCCC)OC(CO)C(O)C1O. The summed E-state index contributed by atoms with van der Waals surface area (Å²) >= 11 is 0. The van der Waals surface area contributed by atoms with Crippen LogP contribution in [0.4, 0.5) is 0 Å². The molecule has 0 bridgehead atoms. The van der Waals surface area contributed by atoms with Gasteiger partial charge < -0.3 is 45.1 Å². The number of rotatable bonds is 68. The second-order valence-corrected chi connectivity index (χ2v) is 27.1. The smallest absolute Gasteiger partial charge is 0.306 e. The van der Waals surface area contributed by atoms with Crippen LogP contribution >= 0.6 is 0 Å². The third-order valence-corrected chi connectivity index (χ3v) is 18.4. The number of esters is 1. The van der Waals surface area contributed by atoms with Crippen LogP contribution < -0.4 is 5.32 Å². The van der Waals surface area contributed by atoms with E-state index in [1.807, 2.05) is 6.08 Å². The summed E-state index contributed by atoms with van der Waals surface area (Å²) in [6, 6.07) is -1.02. The lowest BCUT2D eigenvalue weighted by atomic mass is 9.99. The lowest BCUT2D eigenvalue weighted by Gasteiger charge is -2.41. The Hall–Kier alpha value is -2.64. The van der Waals surface area contributed by atoms with Crippen LogP contribution in [-0.4, -0.2) is 99.6 Å². The van der Waals surface area contributed by atoms with Crippen LogP contribution in [-0.2, 0) is 23.8 Å². The summed E-state index contributed by atoms with van der Waals surface area (Å²) in [5.74, 6) is -1.18. The van der Waals surface area contributed by atoms with E-state index in [1.54, 1.807) is 6.08 Å². The van der Waals surface area contributed by atoms with E-state index in [0.29, 0.717) is 19.3 Å². The van der Waals surface area contributed by atoms with E-state index in [4.69, 9.17) is 14.2 Å². The van der Waals surface area contributed by atoms with Gasteiger partial charge in [-0.1, -0.05) is 358 Å². The molecule has 1 aliphatic rings. The van der Waals surface area contributed by atoms with Crippen molar-refractivity contribution in [1.82, 2.24) is 5.32 Å². The molecule has 8 atom stereocenters. The van der Waals surface area contributed by atoms with Crippen molar-refractivity contribution in [1.29, 1.82) is 0 Å². The zero-order valence-electron chi connectivity index (χ0n) is 59.5. The lowest BCUT2D eigenvalue weighted by molar-refractivity contribution is -0.305. The fourth-order valence-corrected chi connectivity index (χ4v) is 12.3. The first-order valence-electron chi connectivity index (χ1n) is 39.1. The van der Waals surface area contributed by atoms with Gasteiger partial charge in [0.15, 0.2) is 12.4 Å². The van der Waals surface area contributed by atoms with Crippen molar-refractivity contribution in [2.45, 2.75) is 423 Å². The molecule has 6 N–H and O–H groups in total. The summed E-state index contributed by atoms with van der Waals surface area (Å²) in [6.45, 7) is 5.82. The highest BCUT2D eigenvalue weighted by atomic mass is 16.7. The highest BCUT2D eigenvalue weighted by Gasteiger charge is 2.47. The van der Waals surface area contributed by atoms with Crippen molar-refractivity contribution >= 4 is 11.9 Å². The summed E-state index contributed by atoms with van der Waals surface area (Å²) in [5, 5.41) is 57.4. The molecule has 0 aromatic carbocycles. The number of aliphatic hydroxyl groups is 5. The Morgan fingerprint density at radius 1 is 0.429 bits per heavy atom. The number of unbranched alkanes of at least 4 members (excludes halogenated alkanes) is 46. The molecule has 1 amide bonds. The molecule has 1 aliphatic heterocycles. The fourth-order valence-electron chi connectivity index (χ4n) is 12.3. The molecule has 1 rings (SSSR count). The van der Waals surface area contributed by atoms with Gasteiger partial charge in [-0.25, -0.2) is 0 Å². The van der Waals surface area contributed by atoms with Gasteiger partial charge in [-0.3, -0.25) is 9.59 Å². The van der Waals surface area contributed by atoms with Crippen molar-refractivity contribution in [3.63, 3.8) is 0 Å². The van der Waals surface area contributed by atoms with E-state index in [2.05, 4.69) is 74.7 Å². The molecule has 1 heterocycles. The van der Waals surface area contributed by atoms with Gasteiger partial charge in [0.2, 0.25) is 5.91 Å². The largest absolute Gasteiger partial charge is 0.454 e. The zero-order chi connectivity index (χ0) is 66.0. The number of hydrogen-bond acceptors (Lipinski definition) is 10. The first-order valence-corrected chi connectivity index (χ1v) is 39.1. The standard InChI is InChI=1S/C80H147NO10/c1-4-7-10-13-16-19-22-24-26-28-30-32-34-36-37-38-40-42-44-46-48-50-53-56-59-62-65-68-75(85)91-78-77(87)76(86)74(69-82)90-80(78)89-70-71(72(83)66-63-60-57-54-51-21-18-15-12-9-6-3)81-79(88)73(84)67-64-61-58-55-52-49-47-45-43-41-39-35-33-31-29-27-25-23-20-17-14-11-8-5-2/h16,19,24,26,30,32,36-37,63,66,71-74,76-78,80,82-84,86-87H,4-15,17-18,20-23,25,27-29,31,33-35,38-62,64-65,67-70H2,1-3H3,(H,81,88)/b19-16-,26-24-,32-30-,37-36-,66-63+. The Balaban J connectivity index is 2.48. The maximum absolute atomic E-state index is 13.5. The van der Waals surface area contributed by atoms with Crippen molar-refractivity contribution in [2.75, 3.05) is 13.2 Å². The molecule has 91 heavy (non-hydrogen) atoms. The van der Waals surface area contributed by atoms with Gasteiger partial charge in [-0.2, -0.15) is 0 Å². The maximum Gasteiger partial charge on any atom is 0.306 e. The molecule has 532 valence electrons. The summed E-state index contributed by atoms with van der Waals surface area (Å²) in [5.41, 5.74) is 0. The molecule has 0 aromatic rings. The molecule has 11 heteroatoms. The minimum Gasteiger partial charge on any atom is -0.454 e. The maximum atomic E-state index is 13.5. The molecule has 0 aliphatic carbocycles. The Morgan fingerprint density at radius 2 is 0.758 bits per heavy atom. The van der Waals surface area contributed by atoms with E-state index in [9.17, 15) is 35.1 Å². The summed E-state index contributed by atoms with van der Waals surface area (Å²) in [7, 11) is 0. The number of carbonyl (C=O) groups excluding carboxylic acids is 2. The van der Waals surface area contributed by atoms with E-state index in [-0.39, 0.29) is 13.0 Å². The van der Waals surface area contributed by atoms with Crippen molar-refractivity contribution in [3.05, 3.63) is 60.8 Å². The summed E-state index contributed by atoms with van der Waals surface area (Å²) in [4.78, 5) is 26.7. The van der Waals surface area contributed by atoms with Crippen molar-refractivity contribution in [3.8, 4) is 0 Å². The average Bonchev–Trinajstić information content (AvgIpc) is 1.14. The number of hydrogen-bond donors (Lipinski definition) is 6. The van der Waals surface area contributed by atoms with Crippen molar-refractivity contribution < 1.29 is 49.3 Å². The summed E-state index contributed by atoms with van der Waals surface area (Å²) < 4.78 is 17.7. The van der Waals surface area contributed by atoms with Crippen LogP contribution in [0.3, 0.4) is 0 Å². The Morgan fingerprint density at radius 3 is 1.15 bits per heavy atom. The molecule has 0 aromatic heterocycles. The highest BCUT2D eigenvalue weighted by Crippen LogP contribution is 2.27. The third kappa shape index (κ3) is 54.2. The van der Waals surface area contributed by atoms with Crippen LogP contribution in [0, 0.1) is 0 Å².